The lowest BCUT2D eigenvalue weighted by atomic mass is 9.78. The quantitative estimate of drug-likeness (QED) is 0.919. The van der Waals surface area contributed by atoms with Crippen LogP contribution in [0.1, 0.15) is 49.9 Å². The number of amides is 1. The lowest BCUT2D eigenvalue weighted by molar-refractivity contribution is 0.0963. The maximum atomic E-state index is 12.0. The van der Waals surface area contributed by atoms with Crippen LogP contribution in [0.15, 0.2) is 18.3 Å². The Bertz CT molecular complexity index is 471. The average molecular weight is 275 g/mol. The van der Waals surface area contributed by atoms with Crippen molar-refractivity contribution in [2.24, 2.45) is 5.41 Å². The van der Waals surface area contributed by atoms with Crippen LogP contribution in [-0.2, 0) is 0 Å². The molecule has 0 radical (unpaired) electrons. The van der Waals surface area contributed by atoms with Crippen molar-refractivity contribution in [1.29, 1.82) is 0 Å². The van der Waals surface area contributed by atoms with Crippen LogP contribution in [-0.4, -0.2) is 31.0 Å². The van der Waals surface area contributed by atoms with E-state index < -0.39 is 0 Å². The van der Waals surface area contributed by atoms with Gasteiger partial charge in [0.15, 0.2) is 0 Å². The lowest BCUT2D eigenvalue weighted by Crippen LogP contribution is -2.43. The number of carbonyl (C=O) groups excluding carboxylic acids is 1. The summed E-state index contributed by atoms with van der Waals surface area (Å²) in [7, 11) is 1.66. The zero-order chi connectivity index (χ0) is 14.6. The van der Waals surface area contributed by atoms with Crippen molar-refractivity contribution in [3.63, 3.8) is 0 Å². The van der Waals surface area contributed by atoms with Crippen molar-refractivity contribution in [2.75, 3.05) is 25.0 Å². The highest BCUT2D eigenvalue weighted by Crippen LogP contribution is 2.36. The normalized spacial score (nSPS) is 22.6. The number of nitrogens with zero attached hydrogens (tertiary/aromatic N) is 2. The summed E-state index contributed by atoms with van der Waals surface area (Å²) in [6, 6.07) is 3.68. The van der Waals surface area contributed by atoms with Crippen LogP contribution >= 0.6 is 0 Å². The molecule has 1 aromatic heterocycles. The predicted octanol–water partition coefficient (Wildman–Crippen LogP) is 2.85. The SMILES string of the molecule is CCCC1(C)CCCN(c2ncccc2C(=O)NC)C1. The van der Waals surface area contributed by atoms with Crippen molar-refractivity contribution >= 4 is 11.7 Å². The van der Waals surface area contributed by atoms with E-state index in [2.05, 4.69) is 29.0 Å². The van der Waals surface area contributed by atoms with Crippen molar-refractivity contribution in [3.8, 4) is 0 Å². The van der Waals surface area contributed by atoms with Crippen molar-refractivity contribution in [3.05, 3.63) is 23.9 Å². The van der Waals surface area contributed by atoms with Gasteiger partial charge in [0.2, 0.25) is 0 Å². The fraction of sp³-hybridized carbons (Fsp3) is 0.625. The van der Waals surface area contributed by atoms with E-state index in [0.717, 1.165) is 18.9 Å². The van der Waals surface area contributed by atoms with Crippen LogP contribution in [0.4, 0.5) is 5.82 Å². The molecule has 1 N–H and O–H groups in total. The molecular weight excluding hydrogens is 250 g/mol. The Morgan fingerprint density at radius 1 is 1.55 bits per heavy atom. The van der Waals surface area contributed by atoms with Gasteiger partial charge in [-0.1, -0.05) is 20.3 Å². The minimum absolute atomic E-state index is 0.0594. The number of rotatable bonds is 4. The summed E-state index contributed by atoms with van der Waals surface area (Å²) in [4.78, 5) is 18.7. The minimum Gasteiger partial charge on any atom is -0.355 e. The summed E-state index contributed by atoms with van der Waals surface area (Å²) in [5.74, 6) is 0.768. The molecule has 1 aromatic rings. The van der Waals surface area contributed by atoms with E-state index in [1.54, 1.807) is 13.2 Å². The van der Waals surface area contributed by atoms with E-state index in [-0.39, 0.29) is 5.91 Å². The average Bonchev–Trinajstić information content (AvgIpc) is 2.46. The standard InChI is InChI=1S/C16H25N3O/c1-4-8-16(2)9-6-11-19(12-16)14-13(15(20)17-3)7-5-10-18-14/h5,7,10H,4,6,8-9,11-12H2,1-3H3,(H,17,20). The van der Waals surface area contributed by atoms with Gasteiger partial charge in [0.05, 0.1) is 5.56 Å². The van der Waals surface area contributed by atoms with Crippen LogP contribution < -0.4 is 10.2 Å². The first-order valence-electron chi connectivity index (χ1n) is 7.52. The molecule has 0 bridgehead atoms. The number of pyridine rings is 1. The lowest BCUT2D eigenvalue weighted by Gasteiger charge is -2.41. The van der Waals surface area contributed by atoms with Crippen LogP contribution in [0.2, 0.25) is 0 Å². The van der Waals surface area contributed by atoms with Gasteiger partial charge in [0.25, 0.3) is 5.91 Å². The second-order valence-electron chi connectivity index (χ2n) is 6.04. The number of carbonyl (C=O) groups is 1. The fourth-order valence-corrected chi connectivity index (χ4v) is 3.26. The first kappa shape index (κ1) is 14.8. The fourth-order valence-electron chi connectivity index (χ4n) is 3.26. The molecule has 0 aromatic carbocycles. The molecule has 20 heavy (non-hydrogen) atoms. The molecule has 2 rings (SSSR count). The molecule has 110 valence electrons. The highest BCUT2D eigenvalue weighted by Gasteiger charge is 2.32. The van der Waals surface area contributed by atoms with E-state index in [1.165, 1.54) is 25.7 Å². The van der Waals surface area contributed by atoms with Crippen LogP contribution in [0.3, 0.4) is 0 Å². The number of nitrogens with one attached hydrogen (secondary N) is 1. The van der Waals surface area contributed by atoms with Crippen LogP contribution in [0.25, 0.3) is 0 Å². The Balaban J connectivity index is 2.25. The molecule has 0 saturated carbocycles. The van der Waals surface area contributed by atoms with Gasteiger partial charge in [-0.3, -0.25) is 4.79 Å². The number of piperidine rings is 1. The van der Waals surface area contributed by atoms with Gasteiger partial charge in [0.1, 0.15) is 5.82 Å². The van der Waals surface area contributed by atoms with Gasteiger partial charge in [-0.15, -0.1) is 0 Å². The Kier molecular flexibility index (Phi) is 4.63. The summed E-state index contributed by atoms with van der Waals surface area (Å²) in [6.45, 7) is 6.56. The van der Waals surface area contributed by atoms with Gasteiger partial charge >= 0.3 is 0 Å². The Morgan fingerprint density at radius 3 is 3.05 bits per heavy atom. The summed E-state index contributed by atoms with van der Waals surface area (Å²) in [5.41, 5.74) is 1.01. The maximum absolute atomic E-state index is 12.0. The Hall–Kier alpha value is -1.58. The molecule has 1 saturated heterocycles. The van der Waals surface area contributed by atoms with Crippen molar-refractivity contribution in [1.82, 2.24) is 10.3 Å². The van der Waals surface area contributed by atoms with E-state index in [4.69, 9.17) is 0 Å². The maximum Gasteiger partial charge on any atom is 0.254 e. The number of hydrogen-bond acceptors (Lipinski definition) is 3. The molecule has 0 spiro atoms. The third kappa shape index (κ3) is 3.11. The molecule has 2 heterocycles. The molecular formula is C16H25N3O. The minimum atomic E-state index is -0.0594. The summed E-state index contributed by atoms with van der Waals surface area (Å²) in [5, 5.41) is 2.70. The van der Waals surface area contributed by atoms with Crippen LogP contribution in [0, 0.1) is 5.41 Å². The number of hydrogen-bond donors (Lipinski definition) is 1. The molecule has 4 nitrogen and oxygen atoms in total. The first-order valence-corrected chi connectivity index (χ1v) is 7.52. The van der Waals surface area contributed by atoms with Gasteiger partial charge in [0, 0.05) is 26.3 Å². The van der Waals surface area contributed by atoms with Crippen LogP contribution in [0.5, 0.6) is 0 Å². The molecule has 1 aliphatic heterocycles. The first-order chi connectivity index (χ1) is 9.59. The zero-order valence-electron chi connectivity index (χ0n) is 12.8. The largest absolute Gasteiger partial charge is 0.355 e. The topological polar surface area (TPSA) is 45.2 Å². The summed E-state index contributed by atoms with van der Waals surface area (Å²) < 4.78 is 0. The Morgan fingerprint density at radius 2 is 2.35 bits per heavy atom. The second-order valence-corrected chi connectivity index (χ2v) is 6.04. The monoisotopic (exact) mass is 275 g/mol. The molecule has 1 unspecified atom stereocenters. The van der Waals surface area contributed by atoms with Gasteiger partial charge < -0.3 is 10.2 Å². The molecule has 1 aliphatic rings. The highest BCUT2D eigenvalue weighted by molar-refractivity contribution is 5.98. The smallest absolute Gasteiger partial charge is 0.254 e. The second kappa shape index (κ2) is 6.25. The van der Waals surface area contributed by atoms with E-state index >= 15 is 0 Å². The van der Waals surface area contributed by atoms with Crippen molar-refractivity contribution in [2.45, 2.75) is 39.5 Å². The number of aromatic nitrogens is 1. The Labute approximate surface area is 121 Å². The van der Waals surface area contributed by atoms with E-state index in [9.17, 15) is 4.79 Å². The van der Waals surface area contributed by atoms with Crippen molar-refractivity contribution < 1.29 is 4.79 Å². The summed E-state index contributed by atoms with van der Waals surface area (Å²) in [6.07, 6.45) is 6.63. The third-order valence-electron chi connectivity index (χ3n) is 4.19. The predicted molar refractivity (Wildman–Crippen MR) is 82.1 cm³/mol. The molecule has 1 atom stereocenters. The number of anilines is 1. The summed E-state index contributed by atoms with van der Waals surface area (Å²) >= 11 is 0. The third-order valence-corrected chi connectivity index (χ3v) is 4.19. The molecule has 1 amide bonds. The molecule has 1 fully saturated rings. The van der Waals surface area contributed by atoms with Gasteiger partial charge in [-0.25, -0.2) is 4.98 Å². The van der Waals surface area contributed by atoms with E-state index in [1.807, 2.05) is 12.1 Å². The van der Waals surface area contributed by atoms with Gasteiger partial charge in [-0.2, -0.15) is 0 Å². The molecule has 0 aliphatic carbocycles. The molecule has 4 heteroatoms. The zero-order valence-corrected chi connectivity index (χ0v) is 12.8. The van der Waals surface area contributed by atoms with Gasteiger partial charge in [-0.05, 0) is 36.8 Å². The van der Waals surface area contributed by atoms with E-state index in [0.29, 0.717) is 11.0 Å². The highest BCUT2D eigenvalue weighted by atomic mass is 16.1.